The van der Waals surface area contributed by atoms with Crippen molar-refractivity contribution in [2.75, 3.05) is 11.9 Å². The summed E-state index contributed by atoms with van der Waals surface area (Å²) in [4.78, 5) is 6.88. The number of nitrogens with zero attached hydrogens (tertiary/aromatic N) is 2. The standard InChI is InChI=1S/C15H27N3/c1-7-15(4,5)18(6)14-11(2)8-13(10-17-14)9-12(3)16/h8,10,12H,7,9,16H2,1-6H3. The zero-order valence-corrected chi connectivity index (χ0v) is 12.6. The van der Waals surface area contributed by atoms with Crippen molar-refractivity contribution in [2.24, 2.45) is 5.73 Å². The van der Waals surface area contributed by atoms with Crippen molar-refractivity contribution in [1.82, 2.24) is 4.98 Å². The Morgan fingerprint density at radius 3 is 2.50 bits per heavy atom. The van der Waals surface area contributed by atoms with Gasteiger partial charge in [-0.2, -0.15) is 0 Å². The van der Waals surface area contributed by atoms with Gasteiger partial charge in [-0.25, -0.2) is 4.98 Å². The minimum absolute atomic E-state index is 0.125. The summed E-state index contributed by atoms with van der Waals surface area (Å²) in [5.41, 5.74) is 8.39. The van der Waals surface area contributed by atoms with Crippen LogP contribution in [-0.4, -0.2) is 23.6 Å². The molecule has 0 radical (unpaired) electrons. The lowest BCUT2D eigenvalue weighted by Crippen LogP contribution is -2.41. The highest BCUT2D eigenvalue weighted by Crippen LogP contribution is 2.26. The van der Waals surface area contributed by atoms with Crippen LogP contribution >= 0.6 is 0 Å². The van der Waals surface area contributed by atoms with Gasteiger partial charge in [0, 0.05) is 24.8 Å². The molecule has 0 aliphatic carbocycles. The molecule has 0 aliphatic heterocycles. The number of aromatic nitrogens is 1. The van der Waals surface area contributed by atoms with Gasteiger partial charge in [0.2, 0.25) is 0 Å². The Morgan fingerprint density at radius 2 is 2.06 bits per heavy atom. The Hall–Kier alpha value is -1.09. The van der Waals surface area contributed by atoms with Crippen LogP contribution in [0.15, 0.2) is 12.3 Å². The Labute approximate surface area is 111 Å². The van der Waals surface area contributed by atoms with Crippen molar-refractivity contribution >= 4 is 5.82 Å². The minimum Gasteiger partial charge on any atom is -0.354 e. The molecule has 102 valence electrons. The Bertz CT molecular complexity index is 397. The molecule has 2 N–H and O–H groups in total. The molecule has 0 spiro atoms. The summed E-state index contributed by atoms with van der Waals surface area (Å²) >= 11 is 0. The molecule has 1 rings (SSSR count). The Kier molecular flexibility index (Phi) is 4.74. The Balaban J connectivity index is 2.99. The van der Waals surface area contributed by atoms with E-state index >= 15 is 0 Å². The lowest BCUT2D eigenvalue weighted by atomic mass is 9.99. The molecular formula is C15H27N3. The monoisotopic (exact) mass is 249 g/mol. The van der Waals surface area contributed by atoms with E-state index in [1.807, 2.05) is 13.1 Å². The number of nitrogens with two attached hydrogens (primary N) is 1. The van der Waals surface area contributed by atoms with Gasteiger partial charge in [-0.3, -0.25) is 0 Å². The van der Waals surface area contributed by atoms with Crippen molar-refractivity contribution in [3.8, 4) is 0 Å². The number of rotatable bonds is 5. The molecule has 1 heterocycles. The lowest BCUT2D eigenvalue weighted by molar-refractivity contribution is 0.466. The van der Waals surface area contributed by atoms with Gasteiger partial charge >= 0.3 is 0 Å². The van der Waals surface area contributed by atoms with Crippen LogP contribution in [0.3, 0.4) is 0 Å². The molecule has 0 saturated carbocycles. The summed E-state index contributed by atoms with van der Waals surface area (Å²) in [6.45, 7) is 10.8. The van der Waals surface area contributed by atoms with Gasteiger partial charge in [0.05, 0.1) is 0 Å². The second-order valence-corrected chi connectivity index (χ2v) is 5.89. The second-order valence-electron chi connectivity index (χ2n) is 5.89. The van der Waals surface area contributed by atoms with Crippen LogP contribution in [0.2, 0.25) is 0 Å². The molecule has 1 aromatic rings. The average molecular weight is 249 g/mol. The largest absolute Gasteiger partial charge is 0.354 e. The van der Waals surface area contributed by atoms with Crippen LogP contribution in [0.1, 0.15) is 45.2 Å². The maximum absolute atomic E-state index is 5.82. The molecule has 0 fully saturated rings. The van der Waals surface area contributed by atoms with Crippen molar-refractivity contribution in [1.29, 1.82) is 0 Å². The SMILES string of the molecule is CCC(C)(C)N(C)c1ncc(CC(C)N)cc1C. The van der Waals surface area contributed by atoms with Crippen molar-refractivity contribution in [3.63, 3.8) is 0 Å². The summed E-state index contributed by atoms with van der Waals surface area (Å²) in [5, 5.41) is 0. The highest BCUT2D eigenvalue weighted by Gasteiger charge is 2.23. The van der Waals surface area contributed by atoms with E-state index in [1.165, 1.54) is 11.1 Å². The maximum atomic E-state index is 5.82. The van der Waals surface area contributed by atoms with Gasteiger partial charge < -0.3 is 10.6 Å². The summed E-state index contributed by atoms with van der Waals surface area (Å²) in [7, 11) is 2.12. The molecule has 1 unspecified atom stereocenters. The van der Waals surface area contributed by atoms with Gasteiger partial charge in [-0.1, -0.05) is 13.0 Å². The van der Waals surface area contributed by atoms with Crippen LogP contribution in [0, 0.1) is 6.92 Å². The molecular weight excluding hydrogens is 222 g/mol. The third-order valence-corrected chi connectivity index (χ3v) is 3.76. The molecule has 0 aliphatic rings. The quantitative estimate of drug-likeness (QED) is 0.872. The van der Waals surface area contributed by atoms with E-state index in [4.69, 9.17) is 5.73 Å². The fourth-order valence-corrected chi connectivity index (χ4v) is 1.98. The number of pyridine rings is 1. The smallest absolute Gasteiger partial charge is 0.131 e. The van der Waals surface area contributed by atoms with Gasteiger partial charge in [-0.05, 0) is 51.7 Å². The normalized spacial score (nSPS) is 13.5. The van der Waals surface area contributed by atoms with Crippen molar-refractivity contribution < 1.29 is 0 Å². The van der Waals surface area contributed by atoms with E-state index < -0.39 is 0 Å². The zero-order chi connectivity index (χ0) is 13.9. The molecule has 0 aromatic carbocycles. The predicted molar refractivity (Wildman–Crippen MR) is 79.1 cm³/mol. The average Bonchev–Trinajstić information content (AvgIpc) is 2.27. The Morgan fingerprint density at radius 1 is 1.44 bits per heavy atom. The topological polar surface area (TPSA) is 42.2 Å². The third kappa shape index (κ3) is 3.45. The van der Waals surface area contributed by atoms with E-state index in [1.54, 1.807) is 0 Å². The first-order valence-electron chi connectivity index (χ1n) is 6.73. The summed E-state index contributed by atoms with van der Waals surface area (Å²) < 4.78 is 0. The minimum atomic E-state index is 0.125. The van der Waals surface area contributed by atoms with E-state index in [-0.39, 0.29) is 11.6 Å². The van der Waals surface area contributed by atoms with Gasteiger partial charge in [-0.15, -0.1) is 0 Å². The number of anilines is 1. The molecule has 3 nitrogen and oxygen atoms in total. The lowest BCUT2D eigenvalue weighted by Gasteiger charge is -2.36. The van der Waals surface area contributed by atoms with Crippen LogP contribution < -0.4 is 10.6 Å². The third-order valence-electron chi connectivity index (χ3n) is 3.76. The van der Waals surface area contributed by atoms with Crippen LogP contribution in [0.25, 0.3) is 0 Å². The summed E-state index contributed by atoms with van der Waals surface area (Å²) in [6, 6.07) is 2.38. The maximum Gasteiger partial charge on any atom is 0.131 e. The van der Waals surface area contributed by atoms with Crippen molar-refractivity contribution in [2.45, 2.75) is 59.0 Å². The summed E-state index contributed by atoms with van der Waals surface area (Å²) in [6.07, 6.45) is 3.93. The van der Waals surface area contributed by atoms with E-state index in [2.05, 4.69) is 50.7 Å². The molecule has 0 saturated heterocycles. The molecule has 0 amide bonds. The van der Waals surface area contributed by atoms with Gasteiger partial charge in [0.25, 0.3) is 0 Å². The van der Waals surface area contributed by atoms with Crippen LogP contribution in [0.4, 0.5) is 5.82 Å². The number of hydrogen-bond donors (Lipinski definition) is 1. The first kappa shape index (κ1) is 15.0. The van der Waals surface area contributed by atoms with Crippen LogP contribution in [-0.2, 0) is 6.42 Å². The highest BCUT2D eigenvalue weighted by atomic mass is 15.2. The first-order valence-corrected chi connectivity index (χ1v) is 6.73. The van der Waals surface area contributed by atoms with Crippen molar-refractivity contribution in [3.05, 3.63) is 23.4 Å². The fourth-order valence-electron chi connectivity index (χ4n) is 1.98. The first-order chi connectivity index (χ1) is 8.27. The van der Waals surface area contributed by atoms with Gasteiger partial charge in [0.1, 0.15) is 5.82 Å². The highest BCUT2D eigenvalue weighted by molar-refractivity contribution is 5.48. The van der Waals surface area contributed by atoms with E-state index in [0.29, 0.717) is 0 Å². The van der Waals surface area contributed by atoms with E-state index in [9.17, 15) is 0 Å². The molecule has 18 heavy (non-hydrogen) atoms. The number of aryl methyl sites for hydroxylation is 1. The molecule has 1 atom stereocenters. The second kappa shape index (κ2) is 5.70. The summed E-state index contributed by atoms with van der Waals surface area (Å²) in [5.74, 6) is 1.07. The van der Waals surface area contributed by atoms with Crippen LogP contribution in [0.5, 0.6) is 0 Å². The number of hydrogen-bond acceptors (Lipinski definition) is 3. The molecule has 1 aromatic heterocycles. The predicted octanol–water partition coefficient (Wildman–Crippen LogP) is 2.90. The molecule has 0 bridgehead atoms. The van der Waals surface area contributed by atoms with E-state index in [0.717, 1.165) is 18.7 Å². The molecule has 3 heteroatoms. The fraction of sp³-hybridized carbons (Fsp3) is 0.667. The van der Waals surface area contributed by atoms with Gasteiger partial charge in [0.15, 0.2) is 0 Å². The zero-order valence-electron chi connectivity index (χ0n) is 12.6.